The maximum Gasteiger partial charge on any atom is 0.219 e. The van der Waals surface area contributed by atoms with E-state index < -0.39 is 0 Å². The third kappa shape index (κ3) is 3.24. The van der Waals surface area contributed by atoms with Crippen LogP contribution in [0.3, 0.4) is 0 Å². The Bertz CT molecular complexity index is 520. The summed E-state index contributed by atoms with van der Waals surface area (Å²) in [6.07, 6.45) is 2.18. The Kier molecular flexibility index (Phi) is 4.62. The van der Waals surface area contributed by atoms with Crippen LogP contribution in [-0.2, 0) is 4.79 Å². The number of hydrogen-bond donors (Lipinski definition) is 1. The molecule has 2 heterocycles. The number of piperazine rings is 1. The smallest absolute Gasteiger partial charge is 0.219 e. The number of benzene rings is 1. The van der Waals surface area contributed by atoms with Gasteiger partial charge in [0.05, 0.1) is 37.9 Å². The number of carbonyl (C=O) groups is 1. The summed E-state index contributed by atoms with van der Waals surface area (Å²) in [6.45, 7) is 7.35. The maximum absolute atomic E-state index is 13.9. The van der Waals surface area contributed by atoms with E-state index in [9.17, 15) is 9.18 Å². The number of likely N-dealkylation sites (tertiary alicyclic amines) is 1. The zero-order valence-electron chi connectivity index (χ0n) is 13.2. The van der Waals surface area contributed by atoms with Crippen LogP contribution in [-0.4, -0.2) is 56.1 Å². The van der Waals surface area contributed by atoms with E-state index in [4.69, 9.17) is 0 Å². The molecule has 0 saturated carbocycles. The number of para-hydroxylation sites is 1. The van der Waals surface area contributed by atoms with Gasteiger partial charge in [0.25, 0.3) is 0 Å². The van der Waals surface area contributed by atoms with Crippen molar-refractivity contribution in [2.45, 2.75) is 25.8 Å². The highest BCUT2D eigenvalue weighted by Crippen LogP contribution is 2.18. The van der Waals surface area contributed by atoms with E-state index in [0.717, 1.165) is 57.8 Å². The van der Waals surface area contributed by atoms with Crippen molar-refractivity contribution in [3.8, 4) is 0 Å². The molecule has 0 atom stereocenters. The van der Waals surface area contributed by atoms with E-state index in [1.54, 1.807) is 17.9 Å². The van der Waals surface area contributed by atoms with Gasteiger partial charge in [0, 0.05) is 32.9 Å². The number of quaternary nitrogens is 1. The normalized spacial score (nSPS) is 21.2. The van der Waals surface area contributed by atoms with Crippen LogP contribution in [0.2, 0.25) is 0 Å². The first-order chi connectivity index (χ1) is 10.6. The lowest BCUT2D eigenvalue weighted by molar-refractivity contribution is -0.927. The van der Waals surface area contributed by atoms with Gasteiger partial charge in [-0.15, -0.1) is 0 Å². The molecule has 0 radical (unpaired) electrons. The van der Waals surface area contributed by atoms with Gasteiger partial charge < -0.3 is 14.7 Å². The van der Waals surface area contributed by atoms with Gasteiger partial charge in [0.15, 0.2) is 0 Å². The molecule has 1 aromatic carbocycles. The van der Waals surface area contributed by atoms with Crippen molar-refractivity contribution >= 4 is 11.6 Å². The molecule has 0 aliphatic carbocycles. The molecule has 5 heteroatoms. The van der Waals surface area contributed by atoms with Crippen molar-refractivity contribution < 1.29 is 14.1 Å². The molecule has 4 nitrogen and oxygen atoms in total. The predicted octanol–water partition coefficient (Wildman–Crippen LogP) is 0.542. The summed E-state index contributed by atoms with van der Waals surface area (Å²) in [5, 5.41) is 0. The minimum absolute atomic E-state index is 0.124. The van der Waals surface area contributed by atoms with Crippen LogP contribution in [0, 0.1) is 5.82 Å². The fourth-order valence-corrected chi connectivity index (χ4v) is 3.75. The maximum atomic E-state index is 13.9. The van der Waals surface area contributed by atoms with Crippen molar-refractivity contribution in [2.75, 3.05) is 44.2 Å². The summed E-state index contributed by atoms with van der Waals surface area (Å²) in [7, 11) is 0. The molecule has 3 rings (SSSR count). The number of piperidine rings is 1. The number of hydrogen-bond acceptors (Lipinski definition) is 2. The van der Waals surface area contributed by atoms with Gasteiger partial charge in [-0.2, -0.15) is 0 Å². The highest BCUT2D eigenvalue weighted by atomic mass is 19.1. The fourth-order valence-electron chi connectivity index (χ4n) is 3.75. The van der Waals surface area contributed by atoms with E-state index in [0.29, 0.717) is 6.04 Å². The quantitative estimate of drug-likeness (QED) is 0.864. The average Bonchev–Trinajstić information content (AvgIpc) is 2.56. The molecule has 1 aromatic rings. The van der Waals surface area contributed by atoms with Gasteiger partial charge in [-0.05, 0) is 12.1 Å². The number of rotatable bonds is 2. The average molecular weight is 306 g/mol. The molecule has 2 fully saturated rings. The molecule has 1 amide bonds. The number of anilines is 1. The monoisotopic (exact) mass is 306 g/mol. The number of amides is 1. The van der Waals surface area contributed by atoms with E-state index >= 15 is 0 Å². The topological polar surface area (TPSA) is 28.0 Å². The second kappa shape index (κ2) is 6.65. The van der Waals surface area contributed by atoms with E-state index in [1.807, 2.05) is 17.0 Å². The largest absolute Gasteiger partial charge is 0.358 e. The molecule has 0 bridgehead atoms. The molecule has 2 saturated heterocycles. The standard InChI is InChI=1S/C17H24FN3O/c1-14(22)19-8-6-15(7-9-19)20-10-12-21(13-11-20)17-5-3-2-4-16(17)18/h2-5,15H,6-13H2,1H3/p+1. The third-order valence-electron chi connectivity index (χ3n) is 5.12. The number of carbonyl (C=O) groups excluding carboxylic acids is 1. The van der Waals surface area contributed by atoms with Crippen molar-refractivity contribution in [3.05, 3.63) is 30.1 Å². The second-order valence-corrected chi connectivity index (χ2v) is 6.38. The molecular weight excluding hydrogens is 281 g/mol. The molecule has 0 aromatic heterocycles. The van der Waals surface area contributed by atoms with Gasteiger partial charge in [-0.3, -0.25) is 4.79 Å². The van der Waals surface area contributed by atoms with E-state index in [1.165, 1.54) is 6.07 Å². The van der Waals surface area contributed by atoms with Gasteiger partial charge >= 0.3 is 0 Å². The highest BCUT2D eigenvalue weighted by molar-refractivity contribution is 5.73. The minimum Gasteiger partial charge on any atom is -0.358 e. The lowest BCUT2D eigenvalue weighted by Gasteiger charge is -2.40. The van der Waals surface area contributed by atoms with Gasteiger partial charge in [0.1, 0.15) is 5.82 Å². The molecule has 2 aliphatic heterocycles. The molecule has 0 unspecified atom stereocenters. The van der Waals surface area contributed by atoms with Crippen molar-refractivity contribution in [3.63, 3.8) is 0 Å². The SMILES string of the molecule is CC(=O)N1CCC([NH+]2CCN(c3ccccc3F)CC2)CC1. The van der Waals surface area contributed by atoms with Crippen molar-refractivity contribution in [1.29, 1.82) is 0 Å². The highest BCUT2D eigenvalue weighted by Gasteiger charge is 2.31. The first-order valence-electron chi connectivity index (χ1n) is 8.24. The summed E-state index contributed by atoms with van der Waals surface area (Å²) in [5.41, 5.74) is 0.730. The number of halogens is 1. The predicted molar refractivity (Wildman–Crippen MR) is 84.6 cm³/mol. The third-order valence-corrected chi connectivity index (χ3v) is 5.12. The van der Waals surface area contributed by atoms with Crippen LogP contribution < -0.4 is 9.80 Å². The number of nitrogens with zero attached hydrogens (tertiary/aromatic N) is 2. The Morgan fingerprint density at radius 2 is 1.77 bits per heavy atom. The van der Waals surface area contributed by atoms with Gasteiger partial charge in [0.2, 0.25) is 5.91 Å². The van der Waals surface area contributed by atoms with Gasteiger partial charge in [-0.1, -0.05) is 12.1 Å². The van der Waals surface area contributed by atoms with Crippen molar-refractivity contribution in [2.24, 2.45) is 0 Å². The lowest BCUT2D eigenvalue weighted by atomic mass is 10.0. The molecule has 120 valence electrons. The molecular formula is C17H25FN3O+. The molecule has 1 N–H and O–H groups in total. The Labute approximate surface area is 131 Å². The van der Waals surface area contributed by atoms with Crippen LogP contribution >= 0.6 is 0 Å². The second-order valence-electron chi connectivity index (χ2n) is 6.38. The first-order valence-corrected chi connectivity index (χ1v) is 8.24. The molecule has 22 heavy (non-hydrogen) atoms. The summed E-state index contributed by atoms with van der Waals surface area (Å²) in [6, 6.07) is 7.69. The van der Waals surface area contributed by atoms with E-state index in [2.05, 4.69) is 4.90 Å². The summed E-state index contributed by atoms with van der Waals surface area (Å²) < 4.78 is 13.9. The van der Waals surface area contributed by atoms with Crippen LogP contribution in [0.25, 0.3) is 0 Å². The first kappa shape index (κ1) is 15.3. The minimum atomic E-state index is -0.124. The Morgan fingerprint density at radius 3 is 2.36 bits per heavy atom. The summed E-state index contributed by atoms with van der Waals surface area (Å²) in [5.74, 6) is 0.0681. The Hall–Kier alpha value is -1.62. The van der Waals surface area contributed by atoms with Crippen molar-refractivity contribution in [1.82, 2.24) is 4.90 Å². The molecule has 0 spiro atoms. The zero-order valence-corrected chi connectivity index (χ0v) is 13.2. The Morgan fingerprint density at radius 1 is 1.14 bits per heavy atom. The Balaban J connectivity index is 1.52. The van der Waals surface area contributed by atoms with Crippen LogP contribution in [0.5, 0.6) is 0 Å². The zero-order chi connectivity index (χ0) is 15.5. The summed E-state index contributed by atoms with van der Waals surface area (Å²) in [4.78, 5) is 17.1. The van der Waals surface area contributed by atoms with Crippen LogP contribution in [0.1, 0.15) is 19.8 Å². The van der Waals surface area contributed by atoms with Crippen LogP contribution in [0.15, 0.2) is 24.3 Å². The van der Waals surface area contributed by atoms with Gasteiger partial charge in [-0.25, -0.2) is 4.39 Å². The fraction of sp³-hybridized carbons (Fsp3) is 0.588. The molecule has 2 aliphatic rings. The summed E-state index contributed by atoms with van der Waals surface area (Å²) >= 11 is 0. The van der Waals surface area contributed by atoms with E-state index in [-0.39, 0.29) is 11.7 Å². The van der Waals surface area contributed by atoms with Crippen LogP contribution in [0.4, 0.5) is 10.1 Å². The lowest BCUT2D eigenvalue weighted by Crippen LogP contribution is -3.18. The number of nitrogens with one attached hydrogen (secondary N) is 1.